The number of nitrogens with two attached hydrogens (primary N) is 1. The highest BCUT2D eigenvalue weighted by molar-refractivity contribution is 6.07. The first-order chi connectivity index (χ1) is 30.7. The molecule has 11 nitrogen and oxygen atoms in total. The summed E-state index contributed by atoms with van der Waals surface area (Å²) in [6.07, 6.45) is 20.7. The van der Waals surface area contributed by atoms with Crippen LogP contribution in [0, 0.1) is 0 Å². The Labute approximate surface area is 363 Å². The summed E-state index contributed by atoms with van der Waals surface area (Å²) < 4.78 is 11.5. The van der Waals surface area contributed by atoms with Crippen LogP contribution in [0.4, 0.5) is 11.4 Å². The minimum absolute atomic E-state index is 0.303. The molecule has 0 fully saturated rings. The second-order valence-electron chi connectivity index (χ2n) is 15.8. The number of H-pyrrole nitrogens is 2. The van der Waals surface area contributed by atoms with Crippen molar-refractivity contribution in [2.24, 2.45) is 21.1 Å². The zero-order valence-corrected chi connectivity index (χ0v) is 35.2. The van der Waals surface area contributed by atoms with E-state index in [0.29, 0.717) is 22.7 Å². The van der Waals surface area contributed by atoms with Crippen LogP contribution in [-0.4, -0.2) is 33.0 Å². The summed E-state index contributed by atoms with van der Waals surface area (Å²) >= 11 is 0. The highest BCUT2D eigenvalue weighted by Crippen LogP contribution is 2.38. The van der Waals surface area contributed by atoms with Crippen molar-refractivity contribution in [3.63, 3.8) is 0 Å². The van der Waals surface area contributed by atoms with Gasteiger partial charge in [0.1, 0.15) is 26.9 Å². The molecule has 0 saturated carbocycles. The van der Waals surface area contributed by atoms with Crippen LogP contribution in [-0.2, 0) is 21.1 Å². The molecule has 63 heavy (non-hydrogen) atoms. The zero-order chi connectivity index (χ0) is 43.2. The number of carbonyl (C=O) groups is 1. The number of aryl methyl sites for hydroxylation is 3. The number of hydrogen-bond acceptors (Lipinski definition) is 5. The number of fused-ring (bicyclic) bond motifs is 8. The average Bonchev–Trinajstić information content (AvgIpc) is 4.14. The summed E-state index contributed by atoms with van der Waals surface area (Å²) in [6, 6.07) is 34.0. The van der Waals surface area contributed by atoms with Gasteiger partial charge >= 0.3 is 0 Å². The molecule has 8 bridgehead atoms. The first-order valence-corrected chi connectivity index (χ1v) is 20.6. The molecule has 5 N–H and O–H groups in total. The van der Waals surface area contributed by atoms with E-state index in [9.17, 15) is 4.79 Å². The molecule has 306 valence electrons. The number of rotatable bonds is 7. The van der Waals surface area contributed by atoms with Crippen LogP contribution in [0.2, 0.25) is 0 Å². The van der Waals surface area contributed by atoms with Crippen molar-refractivity contribution >= 4 is 63.7 Å². The number of benzene rings is 2. The van der Waals surface area contributed by atoms with Crippen molar-refractivity contribution in [2.45, 2.75) is 0 Å². The molecular formula is C52H44N9O2+3. The van der Waals surface area contributed by atoms with E-state index in [1.807, 2.05) is 59.1 Å². The van der Waals surface area contributed by atoms with E-state index in [1.54, 1.807) is 18.2 Å². The second kappa shape index (κ2) is 15.9. The van der Waals surface area contributed by atoms with E-state index in [0.717, 1.165) is 89.4 Å². The number of hydrogen-bond donors (Lipinski definition) is 4. The van der Waals surface area contributed by atoms with Gasteiger partial charge in [0.15, 0.2) is 37.2 Å². The van der Waals surface area contributed by atoms with Crippen molar-refractivity contribution in [1.29, 1.82) is 0 Å². The minimum atomic E-state index is -0.303. The van der Waals surface area contributed by atoms with Gasteiger partial charge in [0, 0.05) is 98.2 Å². The fraction of sp³-hybridized carbons (Fsp3) is 0.0769. The number of nitrogen functional groups attached to an aromatic ring is 1. The predicted octanol–water partition coefficient (Wildman–Crippen LogP) is 8.64. The van der Waals surface area contributed by atoms with Gasteiger partial charge < -0.3 is 25.8 Å². The summed E-state index contributed by atoms with van der Waals surface area (Å²) in [5.74, 6) is 0.100. The minimum Gasteiger partial charge on any atom is -0.496 e. The number of pyridine rings is 3. The third-order valence-corrected chi connectivity index (χ3v) is 11.5. The van der Waals surface area contributed by atoms with Crippen molar-refractivity contribution in [1.82, 2.24) is 19.9 Å². The monoisotopic (exact) mass is 826 g/mol. The van der Waals surface area contributed by atoms with Crippen LogP contribution in [0.25, 0.3) is 90.9 Å². The fourth-order valence-corrected chi connectivity index (χ4v) is 8.24. The molecule has 11 heteroatoms. The van der Waals surface area contributed by atoms with Crippen LogP contribution < -0.4 is 29.5 Å². The highest BCUT2D eigenvalue weighted by atomic mass is 16.5. The number of nitrogens with one attached hydrogen (secondary N) is 3. The van der Waals surface area contributed by atoms with Crippen molar-refractivity contribution < 1.29 is 23.2 Å². The maximum Gasteiger partial charge on any atom is 0.259 e. The molecule has 1 amide bonds. The molecule has 0 atom stereocenters. The van der Waals surface area contributed by atoms with Crippen LogP contribution in [0.3, 0.4) is 0 Å². The molecule has 2 aliphatic heterocycles. The molecule has 0 spiro atoms. The first kappa shape index (κ1) is 38.7. The molecule has 2 aliphatic rings. The molecule has 0 unspecified atom stereocenters. The van der Waals surface area contributed by atoms with Gasteiger partial charge in [-0.05, 0) is 95.1 Å². The van der Waals surface area contributed by atoms with Gasteiger partial charge in [-0.3, -0.25) is 4.79 Å². The Bertz CT molecular complexity index is 3280. The lowest BCUT2D eigenvalue weighted by Gasteiger charge is -2.11. The topological polar surface area (TPSA) is 133 Å². The van der Waals surface area contributed by atoms with Crippen molar-refractivity contribution in [3.8, 4) is 50.3 Å². The van der Waals surface area contributed by atoms with Gasteiger partial charge in [0.05, 0.1) is 35.4 Å². The van der Waals surface area contributed by atoms with E-state index < -0.39 is 0 Å². The molecule has 2 aromatic carbocycles. The molecule has 10 rings (SSSR count). The zero-order valence-electron chi connectivity index (χ0n) is 35.2. The summed E-state index contributed by atoms with van der Waals surface area (Å²) in [6.45, 7) is 0. The first-order valence-electron chi connectivity index (χ1n) is 20.6. The predicted molar refractivity (Wildman–Crippen MR) is 249 cm³/mol. The molecule has 0 saturated heterocycles. The number of aromatic amines is 2. The van der Waals surface area contributed by atoms with E-state index >= 15 is 0 Å². The van der Waals surface area contributed by atoms with Gasteiger partial charge in [0.2, 0.25) is 0 Å². The Morgan fingerprint density at radius 1 is 0.524 bits per heavy atom. The van der Waals surface area contributed by atoms with E-state index in [2.05, 4.69) is 137 Å². The van der Waals surface area contributed by atoms with Crippen LogP contribution >= 0.6 is 0 Å². The Balaban J connectivity index is 1.24. The lowest BCUT2D eigenvalue weighted by molar-refractivity contribution is -0.671. The lowest BCUT2D eigenvalue weighted by atomic mass is 10.0. The number of anilines is 2. The van der Waals surface area contributed by atoms with E-state index in [1.165, 1.54) is 7.11 Å². The van der Waals surface area contributed by atoms with Gasteiger partial charge in [-0.15, -0.1) is 0 Å². The van der Waals surface area contributed by atoms with E-state index in [-0.39, 0.29) is 5.91 Å². The quantitative estimate of drug-likeness (QED) is 0.0944. The lowest BCUT2D eigenvalue weighted by Crippen LogP contribution is -2.25. The third-order valence-electron chi connectivity index (χ3n) is 11.5. The van der Waals surface area contributed by atoms with Gasteiger partial charge in [-0.25, -0.2) is 23.7 Å². The van der Waals surface area contributed by atoms with Crippen LogP contribution in [0.5, 0.6) is 5.75 Å². The number of nitrogens with zero attached hydrogens (tertiary/aromatic N) is 5. The third kappa shape index (κ3) is 7.42. The normalized spacial score (nSPS) is 11.8. The average molecular weight is 827 g/mol. The van der Waals surface area contributed by atoms with Gasteiger partial charge in [-0.2, -0.15) is 0 Å². The summed E-state index contributed by atoms with van der Waals surface area (Å²) in [5, 5.41) is 3.02. The fourth-order valence-electron chi connectivity index (χ4n) is 8.24. The number of amides is 1. The number of methoxy groups -OCH3 is 1. The maximum absolute atomic E-state index is 13.4. The maximum atomic E-state index is 13.4. The molecule has 0 aliphatic carbocycles. The van der Waals surface area contributed by atoms with Gasteiger partial charge in [-0.1, -0.05) is 12.1 Å². The number of carbonyl (C=O) groups excluding carboxylic acids is 1. The molecule has 8 heterocycles. The van der Waals surface area contributed by atoms with E-state index in [4.69, 9.17) is 20.4 Å². The number of aromatic nitrogens is 7. The Hall–Kier alpha value is -8.44. The van der Waals surface area contributed by atoms with Crippen molar-refractivity contribution in [3.05, 3.63) is 169 Å². The summed E-state index contributed by atoms with van der Waals surface area (Å²) in [4.78, 5) is 31.9. The summed E-state index contributed by atoms with van der Waals surface area (Å²) in [7, 11) is 7.57. The van der Waals surface area contributed by atoms with Crippen LogP contribution in [0.15, 0.2) is 140 Å². The molecular weight excluding hydrogens is 783 g/mol. The summed E-state index contributed by atoms with van der Waals surface area (Å²) in [5.41, 5.74) is 22.2. The Morgan fingerprint density at radius 2 is 0.889 bits per heavy atom. The molecule has 0 radical (unpaired) electrons. The Morgan fingerprint density at radius 3 is 1.25 bits per heavy atom. The molecule has 6 aromatic heterocycles. The highest BCUT2D eigenvalue weighted by Gasteiger charge is 2.20. The smallest absolute Gasteiger partial charge is 0.259 e. The largest absolute Gasteiger partial charge is 0.496 e. The van der Waals surface area contributed by atoms with Gasteiger partial charge in [0.25, 0.3) is 5.91 Å². The van der Waals surface area contributed by atoms with Crippen molar-refractivity contribution in [2.75, 3.05) is 18.2 Å². The SMILES string of the molecule is COc1cc(N)ccc1C(=O)Nc1ccc(-c2c3nc(c(-c4cc[n+](C)cc4)c4ccc([nH]4)c(-c4cc[n+](C)cc4)c4nc(c(-c5cc[n+](C)cc5)c5ccc2[nH]5)C=C4)C=C3)cc1. The Kier molecular flexibility index (Phi) is 9.76. The standard InChI is InChI=1S/C52H42N9O2/c1-59-25-19-33(20-26-59)49-41-13-11-39(55-41)48(32-5-8-37(9-6-32)54-52(62)38-10-7-36(53)31-47(38)63-4)40-12-14-42(56-40)50(34-21-27-60(2)28-22-34)44-16-18-46(58-44)51(45-17-15-43(49)57-45)35-23-29-61(3)30-24-35/h5-31H,1-4H3,(H3-,53,54,55,56,57,58,62)/q+1/p+2. The molecule has 8 aromatic rings. The second-order valence-corrected chi connectivity index (χ2v) is 15.8. The van der Waals surface area contributed by atoms with Crippen LogP contribution in [0.1, 0.15) is 33.1 Å². The number of ether oxygens (including phenoxy) is 1.